The number of hydrogen-bond donors (Lipinski definition) is 2. The van der Waals surface area contributed by atoms with Crippen molar-refractivity contribution >= 4 is 17.4 Å². The third-order valence-corrected chi connectivity index (χ3v) is 7.02. The quantitative estimate of drug-likeness (QED) is 0.438. The van der Waals surface area contributed by atoms with Crippen LogP contribution in [0.2, 0.25) is 0 Å². The van der Waals surface area contributed by atoms with Gasteiger partial charge in [0.15, 0.2) is 5.65 Å². The number of anilines is 1. The molecule has 2 fully saturated rings. The van der Waals surface area contributed by atoms with Crippen molar-refractivity contribution in [2.75, 3.05) is 32.7 Å². The first-order chi connectivity index (χ1) is 17.1. The fourth-order valence-electron chi connectivity index (χ4n) is 4.84. The van der Waals surface area contributed by atoms with Crippen LogP contribution in [0.3, 0.4) is 0 Å². The molecule has 10 nitrogen and oxygen atoms in total. The van der Waals surface area contributed by atoms with Gasteiger partial charge < -0.3 is 24.7 Å². The number of aromatic nitrogens is 5. The molecule has 4 atom stereocenters. The van der Waals surface area contributed by atoms with E-state index in [-0.39, 0.29) is 18.1 Å². The fraction of sp³-hybridized carbons (Fsp3) is 0.417. The van der Waals surface area contributed by atoms with Gasteiger partial charge in [-0.15, -0.1) is 0 Å². The highest BCUT2D eigenvalue weighted by Crippen LogP contribution is 2.37. The van der Waals surface area contributed by atoms with Gasteiger partial charge in [0, 0.05) is 43.7 Å². The Balaban J connectivity index is 1.40. The van der Waals surface area contributed by atoms with Gasteiger partial charge in [0.25, 0.3) is 5.91 Å². The summed E-state index contributed by atoms with van der Waals surface area (Å²) in [5, 5.41) is 10.2. The number of amides is 1. The predicted molar refractivity (Wildman–Crippen MR) is 126 cm³/mol. The van der Waals surface area contributed by atoms with Gasteiger partial charge in [-0.25, -0.2) is 14.4 Å². The fourth-order valence-corrected chi connectivity index (χ4v) is 4.84. The number of nitrogens with one attached hydrogen (secondary N) is 2. The second-order valence-corrected chi connectivity index (χ2v) is 8.95. The molecule has 1 aliphatic carbocycles. The molecule has 0 bridgehead atoms. The Bertz CT molecular complexity index is 1370. The molecule has 35 heavy (non-hydrogen) atoms. The van der Waals surface area contributed by atoms with Crippen LogP contribution < -0.4 is 10.6 Å². The summed E-state index contributed by atoms with van der Waals surface area (Å²) in [6.07, 6.45) is 5.29. The number of carbonyl (C=O) groups excluding carboxylic acids is 1. The number of methoxy groups -OCH3 is 1. The van der Waals surface area contributed by atoms with Crippen LogP contribution in [0, 0.1) is 0 Å². The lowest BCUT2D eigenvalue weighted by atomic mass is 9.90. The molecule has 1 amide bonds. The average molecular weight is 480 g/mol. The van der Waals surface area contributed by atoms with Crippen LogP contribution in [0.25, 0.3) is 28.3 Å². The van der Waals surface area contributed by atoms with Gasteiger partial charge in [-0.2, -0.15) is 9.61 Å². The first kappa shape index (κ1) is 21.9. The number of fused-ring (bicyclic) bond motifs is 2. The Kier molecular flexibility index (Phi) is 5.37. The topological polar surface area (TPSA) is 108 Å². The second-order valence-electron chi connectivity index (χ2n) is 8.95. The van der Waals surface area contributed by atoms with Gasteiger partial charge >= 0.3 is 0 Å². The molecule has 6 rings (SSSR count). The summed E-state index contributed by atoms with van der Waals surface area (Å²) in [7, 11) is 3.47. The van der Waals surface area contributed by atoms with Gasteiger partial charge in [0.05, 0.1) is 37.2 Å². The molecule has 4 aliphatic rings. The van der Waals surface area contributed by atoms with E-state index in [2.05, 4.69) is 20.3 Å². The second kappa shape index (κ2) is 8.58. The third-order valence-electron chi connectivity index (χ3n) is 7.02. The van der Waals surface area contributed by atoms with Crippen molar-refractivity contribution in [1.29, 1.82) is 0 Å². The molecule has 3 aliphatic heterocycles. The maximum Gasteiger partial charge on any atom is 0.257 e. The van der Waals surface area contributed by atoms with Crippen LogP contribution in [-0.2, 0) is 9.47 Å². The molecular formula is C24H26FN7O3. The van der Waals surface area contributed by atoms with Crippen LogP contribution >= 0.6 is 0 Å². The molecule has 5 heterocycles. The number of halogens is 1. The highest BCUT2D eigenvalue weighted by Gasteiger charge is 2.34. The minimum absolute atomic E-state index is 0.0192. The number of pyridine rings is 1. The average Bonchev–Trinajstić information content (AvgIpc) is 3.63. The van der Waals surface area contributed by atoms with Gasteiger partial charge in [-0.05, 0) is 25.0 Å². The number of carbonyl (C=O) groups is 1. The van der Waals surface area contributed by atoms with E-state index in [0.717, 1.165) is 17.0 Å². The van der Waals surface area contributed by atoms with Crippen molar-refractivity contribution in [2.45, 2.75) is 37.2 Å². The lowest BCUT2D eigenvalue weighted by Crippen LogP contribution is -2.48. The lowest BCUT2D eigenvalue weighted by molar-refractivity contribution is 0.0686. The highest BCUT2D eigenvalue weighted by atomic mass is 19.1. The Morgan fingerprint density at radius 2 is 2.14 bits per heavy atom. The maximum absolute atomic E-state index is 13.7. The molecule has 2 aromatic rings. The molecule has 0 radical (unpaired) electrons. The summed E-state index contributed by atoms with van der Waals surface area (Å²) in [6.45, 7) is 1.09. The summed E-state index contributed by atoms with van der Waals surface area (Å²) in [5.74, 6) is 1.09. The van der Waals surface area contributed by atoms with Crippen molar-refractivity contribution in [3.8, 4) is 22.6 Å². The third kappa shape index (κ3) is 3.53. The molecule has 0 spiro atoms. The Labute approximate surface area is 200 Å². The zero-order chi connectivity index (χ0) is 24.1. The van der Waals surface area contributed by atoms with Crippen molar-refractivity contribution < 1.29 is 18.7 Å². The minimum atomic E-state index is -1.01. The number of nitrogens with zero attached hydrogens (tertiary/aromatic N) is 5. The first-order valence-corrected chi connectivity index (χ1v) is 11.7. The van der Waals surface area contributed by atoms with E-state index in [1.165, 1.54) is 6.20 Å². The minimum Gasteiger partial charge on any atom is -0.377 e. The molecule has 1 unspecified atom stereocenters. The van der Waals surface area contributed by atoms with Crippen LogP contribution in [0.1, 0.15) is 29.2 Å². The largest absolute Gasteiger partial charge is 0.377 e. The molecule has 182 valence electrons. The monoisotopic (exact) mass is 479 g/mol. The number of rotatable bonds is 6. The van der Waals surface area contributed by atoms with Gasteiger partial charge in [0.1, 0.15) is 29.5 Å². The lowest BCUT2D eigenvalue weighted by Gasteiger charge is -2.30. The normalized spacial score (nSPS) is 24.1. The molecule has 11 heteroatoms. The standard InChI is InChI=1S/C24H26FN7O3/c1-26-21-8-18(29-23-15(10-28-32(21)23)24(33)30-17-6-5-16(17)25)14-9-27-22-13(14)4-3-7-31(22)19-11-35-12-20(19)34-2/h3-4,7-10,16-17,19-20,26H,5-6,11-12H2,1-2H3,(H,30,33)/t16-,17+,19?,20-/m1/s1. The van der Waals surface area contributed by atoms with Crippen LogP contribution in [-0.4, -0.2) is 75.7 Å². The number of ether oxygens (including phenoxy) is 2. The Morgan fingerprint density at radius 3 is 2.89 bits per heavy atom. The summed E-state index contributed by atoms with van der Waals surface area (Å²) < 4.78 is 28.6. The summed E-state index contributed by atoms with van der Waals surface area (Å²) >= 11 is 0. The van der Waals surface area contributed by atoms with Crippen molar-refractivity contribution in [3.05, 3.63) is 42.4 Å². The molecule has 1 saturated heterocycles. The molecule has 1 saturated carbocycles. The van der Waals surface area contributed by atoms with Crippen molar-refractivity contribution in [1.82, 2.24) is 29.5 Å². The zero-order valence-electron chi connectivity index (χ0n) is 19.4. The van der Waals surface area contributed by atoms with Crippen molar-refractivity contribution in [2.24, 2.45) is 0 Å². The van der Waals surface area contributed by atoms with E-state index >= 15 is 0 Å². The van der Waals surface area contributed by atoms with E-state index in [0.29, 0.717) is 48.8 Å². The van der Waals surface area contributed by atoms with Crippen LogP contribution in [0.5, 0.6) is 0 Å². The molecule has 2 aromatic heterocycles. The summed E-state index contributed by atoms with van der Waals surface area (Å²) in [6, 6.07) is 5.40. The maximum atomic E-state index is 13.7. The van der Waals surface area contributed by atoms with Gasteiger partial charge in [-0.3, -0.25) is 4.79 Å². The van der Waals surface area contributed by atoms with Crippen molar-refractivity contribution in [3.63, 3.8) is 0 Å². The smallest absolute Gasteiger partial charge is 0.257 e. The Morgan fingerprint density at radius 1 is 1.26 bits per heavy atom. The highest BCUT2D eigenvalue weighted by molar-refractivity contribution is 6.00. The van der Waals surface area contributed by atoms with E-state index in [1.54, 1.807) is 24.9 Å². The predicted octanol–water partition coefficient (Wildman–Crippen LogP) is 2.56. The molecule has 0 aromatic carbocycles. The van der Waals surface area contributed by atoms with E-state index in [4.69, 9.17) is 19.4 Å². The summed E-state index contributed by atoms with van der Waals surface area (Å²) in [5.41, 5.74) is 3.09. The van der Waals surface area contributed by atoms with E-state index in [1.807, 2.05) is 24.4 Å². The van der Waals surface area contributed by atoms with E-state index in [9.17, 15) is 9.18 Å². The number of alkyl halides is 1. The van der Waals surface area contributed by atoms with Gasteiger partial charge in [0.2, 0.25) is 0 Å². The molecular weight excluding hydrogens is 453 g/mol. The van der Waals surface area contributed by atoms with Crippen LogP contribution in [0.4, 0.5) is 10.2 Å². The number of hydrogen-bond acceptors (Lipinski definition) is 7. The Hall–Kier alpha value is -3.57. The first-order valence-electron chi connectivity index (χ1n) is 11.7. The zero-order valence-corrected chi connectivity index (χ0v) is 19.4. The summed E-state index contributed by atoms with van der Waals surface area (Å²) in [4.78, 5) is 22.4. The SMILES string of the molecule is CNc1cc(-c2cnc3n(C4COC[C@H]4OC)cccc2-3)nc2c(C(=O)N[C@H]3CC[C@H]3F)cnn12. The van der Waals surface area contributed by atoms with Crippen LogP contribution in [0.15, 0.2) is 36.8 Å². The van der Waals surface area contributed by atoms with Gasteiger partial charge in [-0.1, -0.05) is 0 Å². The van der Waals surface area contributed by atoms with E-state index < -0.39 is 12.2 Å². The molecule has 2 N–H and O–H groups in total.